The van der Waals surface area contributed by atoms with E-state index in [0.717, 1.165) is 0 Å². The van der Waals surface area contributed by atoms with Crippen LogP contribution in [-0.4, -0.2) is 26.2 Å². The van der Waals surface area contributed by atoms with E-state index in [9.17, 15) is 14.9 Å². The number of aromatic carboxylic acids is 1. The summed E-state index contributed by atoms with van der Waals surface area (Å²) in [5, 5.41) is 25.8. The SMILES string of the molecule is O=C(O)c1nnc(-c2ccc([N+](=O)[O-])cc2)o1. The van der Waals surface area contributed by atoms with Gasteiger partial charge in [0, 0.05) is 17.7 Å². The number of nitro benzene ring substituents is 1. The second-order valence-corrected chi connectivity index (χ2v) is 3.02. The molecule has 0 saturated carbocycles. The van der Waals surface area contributed by atoms with Crippen LogP contribution in [0.2, 0.25) is 0 Å². The van der Waals surface area contributed by atoms with Gasteiger partial charge < -0.3 is 9.52 Å². The predicted molar refractivity (Wildman–Crippen MR) is 53.3 cm³/mol. The molecule has 0 radical (unpaired) electrons. The normalized spacial score (nSPS) is 10.1. The zero-order chi connectivity index (χ0) is 12.4. The van der Waals surface area contributed by atoms with Gasteiger partial charge in [-0.25, -0.2) is 4.79 Å². The van der Waals surface area contributed by atoms with Gasteiger partial charge >= 0.3 is 11.9 Å². The van der Waals surface area contributed by atoms with E-state index in [2.05, 4.69) is 10.2 Å². The van der Waals surface area contributed by atoms with Gasteiger partial charge in [-0.15, -0.1) is 10.2 Å². The standard InChI is InChI=1S/C9H5N3O5/c13-9(14)8-11-10-7(17-8)5-1-3-6(4-2-5)12(15)16/h1-4H,(H,13,14). The molecule has 1 aromatic heterocycles. The minimum absolute atomic E-state index is 0.00250. The van der Waals surface area contributed by atoms with Crippen molar-refractivity contribution in [1.29, 1.82) is 0 Å². The molecule has 86 valence electrons. The van der Waals surface area contributed by atoms with Crippen LogP contribution >= 0.6 is 0 Å². The second-order valence-electron chi connectivity index (χ2n) is 3.02. The van der Waals surface area contributed by atoms with E-state index >= 15 is 0 Å². The summed E-state index contributed by atoms with van der Waals surface area (Å²) in [5.74, 6) is -1.86. The van der Waals surface area contributed by atoms with E-state index in [4.69, 9.17) is 9.52 Å². The number of rotatable bonds is 3. The average molecular weight is 235 g/mol. The molecular formula is C9H5N3O5. The van der Waals surface area contributed by atoms with Crippen LogP contribution in [0.15, 0.2) is 28.7 Å². The Morgan fingerprint density at radius 1 is 1.29 bits per heavy atom. The molecule has 0 atom stereocenters. The molecule has 17 heavy (non-hydrogen) atoms. The molecule has 0 spiro atoms. The molecule has 0 unspecified atom stereocenters. The molecule has 1 N–H and O–H groups in total. The highest BCUT2D eigenvalue weighted by Gasteiger charge is 2.15. The molecule has 2 aromatic rings. The Labute approximate surface area is 93.7 Å². The topological polar surface area (TPSA) is 119 Å². The summed E-state index contributed by atoms with van der Waals surface area (Å²) in [4.78, 5) is 20.4. The average Bonchev–Trinajstić information content (AvgIpc) is 2.78. The van der Waals surface area contributed by atoms with Crippen LogP contribution in [0.25, 0.3) is 11.5 Å². The lowest BCUT2D eigenvalue weighted by atomic mass is 10.2. The van der Waals surface area contributed by atoms with E-state index in [0.29, 0.717) is 5.56 Å². The monoisotopic (exact) mass is 235 g/mol. The number of carboxylic acids is 1. The molecule has 8 heteroatoms. The summed E-state index contributed by atoms with van der Waals surface area (Å²) in [6.45, 7) is 0. The molecule has 0 fully saturated rings. The van der Waals surface area contributed by atoms with Crippen molar-refractivity contribution in [3.8, 4) is 11.5 Å². The third-order valence-corrected chi connectivity index (χ3v) is 1.93. The van der Waals surface area contributed by atoms with Gasteiger partial charge in [-0.05, 0) is 12.1 Å². The highest BCUT2D eigenvalue weighted by molar-refractivity contribution is 5.82. The van der Waals surface area contributed by atoms with E-state index in [1.807, 2.05) is 0 Å². The number of hydrogen-bond donors (Lipinski definition) is 1. The Balaban J connectivity index is 2.33. The molecule has 0 aliphatic carbocycles. The highest BCUT2D eigenvalue weighted by atomic mass is 16.6. The summed E-state index contributed by atoms with van der Waals surface area (Å²) in [6.07, 6.45) is 0. The second kappa shape index (κ2) is 4.00. The van der Waals surface area contributed by atoms with Crippen molar-refractivity contribution >= 4 is 11.7 Å². The van der Waals surface area contributed by atoms with Gasteiger partial charge in [-0.1, -0.05) is 0 Å². The molecular weight excluding hydrogens is 230 g/mol. The molecule has 0 bridgehead atoms. The maximum atomic E-state index is 10.5. The van der Waals surface area contributed by atoms with Gasteiger partial charge in [0.25, 0.3) is 5.69 Å². The maximum absolute atomic E-state index is 10.5. The van der Waals surface area contributed by atoms with Crippen molar-refractivity contribution in [2.45, 2.75) is 0 Å². The Bertz CT molecular complexity index is 575. The minimum Gasteiger partial charge on any atom is -0.474 e. The van der Waals surface area contributed by atoms with E-state index in [-0.39, 0.29) is 11.6 Å². The zero-order valence-electron chi connectivity index (χ0n) is 8.23. The Morgan fingerprint density at radius 2 is 1.94 bits per heavy atom. The lowest BCUT2D eigenvalue weighted by Crippen LogP contribution is -1.95. The first-order chi connectivity index (χ1) is 8.08. The van der Waals surface area contributed by atoms with Crippen molar-refractivity contribution < 1.29 is 19.2 Å². The molecule has 0 amide bonds. The summed E-state index contributed by atoms with van der Waals surface area (Å²) in [7, 11) is 0. The van der Waals surface area contributed by atoms with Crippen LogP contribution in [0.4, 0.5) is 5.69 Å². The maximum Gasteiger partial charge on any atom is 0.393 e. The summed E-state index contributed by atoms with van der Waals surface area (Å²) in [5.41, 5.74) is 0.335. The van der Waals surface area contributed by atoms with Crippen LogP contribution in [0.1, 0.15) is 10.7 Å². The van der Waals surface area contributed by atoms with Crippen molar-refractivity contribution in [3.63, 3.8) is 0 Å². The lowest BCUT2D eigenvalue weighted by molar-refractivity contribution is -0.384. The predicted octanol–water partition coefficient (Wildman–Crippen LogP) is 1.34. The fourth-order valence-electron chi connectivity index (χ4n) is 1.15. The van der Waals surface area contributed by atoms with E-state index in [1.54, 1.807) is 0 Å². The number of non-ortho nitro benzene ring substituents is 1. The Kier molecular flexibility index (Phi) is 2.53. The van der Waals surface area contributed by atoms with Crippen LogP contribution in [0, 0.1) is 10.1 Å². The fraction of sp³-hybridized carbons (Fsp3) is 0. The number of carbonyl (C=O) groups is 1. The molecule has 0 aliphatic rings. The van der Waals surface area contributed by atoms with E-state index < -0.39 is 16.8 Å². The van der Waals surface area contributed by atoms with Gasteiger partial charge in [0.1, 0.15) is 0 Å². The van der Waals surface area contributed by atoms with Gasteiger partial charge in [-0.2, -0.15) is 0 Å². The zero-order valence-corrected chi connectivity index (χ0v) is 8.23. The first-order valence-electron chi connectivity index (χ1n) is 4.39. The summed E-state index contributed by atoms with van der Waals surface area (Å²) in [6, 6.07) is 5.33. The number of hydrogen-bond acceptors (Lipinski definition) is 6. The molecule has 2 rings (SSSR count). The number of aromatic nitrogens is 2. The van der Waals surface area contributed by atoms with Crippen molar-refractivity contribution in [3.05, 3.63) is 40.3 Å². The van der Waals surface area contributed by atoms with Crippen LogP contribution in [0.5, 0.6) is 0 Å². The molecule has 0 saturated heterocycles. The van der Waals surface area contributed by atoms with Crippen LogP contribution < -0.4 is 0 Å². The first kappa shape index (κ1) is 10.7. The quantitative estimate of drug-likeness (QED) is 0.629. The first-order valence-corrected chi connectivity index (χ1v) is 4.39. The molecule has 1 aromatic carbocycles. The number of benzene rings is 1. The number of carboxylic acid groups (broad SMARTS) is 1. The third-order valence-electron chi connectivity index (χ3n) is 1.93. The van der Waals surface area contributed by atoms with Gasteiger partial charge in [0.05, 0.1) is 4.92 Å². The smallest absolute Gasteiger partial charge is 0.393 e. The van der Waals surface area contributed by atoms with Crippen molar-refractivity contribution in [2.75, 3.05) is 0 Å². The van der Waals surface area contributed by atoms with E-state index in [1.165, 1.54) is 24.3 Å². The van der Waals surface area contributed by atoms with Crippen LogP contribution in [0.3, 0.4) is 0 Å². The molecule has 8 nitrogen and oxygen atoms in total. The lowest BCUT2D eigenvalue weighted by Gasteiger charge is -1.93. The van der Waals surface area contributed by atoms with Gasteiger partial charge in [-0.3, -0.25) is 10.1 Å². The Hall–Kier alpha value is -2.77. The fourth-order valence-corrected chi connectivity index (χ4v) is 1.15. The minimum atomic E-state index is -1.33. The highest BCUT2D eigenvalue weighted by Crippen LogP contribution is 2.21. The number of nitro groups is 1. The number of nitrogens with zero attached hydrogens (tertiary/aromatic N) is 3. The Morgan fingerprint density at radius 3 is 2.41 bits per heavy atom. The van der Waals surface area contributed by atoms with Crippen molar-refractivity contribution in [1.82, 2.24) is 10.2 Å². The van der Waals surface area contributed by atoms with Gasteiger partial charge in [0.2, 0.25) is 5.89 Å². The molecule has 1 heterocycles. The summed E-state index contributed by atoms with van der Waals surface area (Å²) >= 11 is 0. The molecule has 0 aliphatic heterocycles. The summed E-state index contributed by atoms with van der Waals surface area (Å²) < 4.78 is 4.84. The van der Waals surface area contributed by atoms with Crippen LogP contribution in [-0.2, 0) is 0 Å². The largest absolute Gasteiger partial charge is 0.474 e. The third kappa shape index (κ3) is 2.09. The van der Waals surface area contributed by atoms with Crippen molar-refractivity contribution in [2.24, 2.45) is 0 Å². The van der Waals surface area contributed by atoms with Gasteiger partial charge in [0.15, 0.2) is 0 Å².